The van der Waals surface area contributed by atoms with Crippen LogP contribution in [0.25, 0.3) is 0 Å². The van der Waals surface area contributed by atoms with Gasteiger partial charge in [0, 0.05) is 0 Å². The lowest BCUT2D eigenvalue weighted by atomic mass is 9.72. The van der Waals surface area contributed by atoms with Crippen molar-refractivity contribution in [1.29, 1.82) is 0 Å². The lowest BCUT2D eigenvalue weighted by Gasteiger charge is -2.34. The van der Waals surface area contributed by atoms with Gasteiger partial charge in [0.2, 0.25) is 0 Å². The molecule has 0 unspecified atom stereocenters. The second-order valence-corrected chi connectivity index (χ2v) is 5.21. The number of allylic oxidation sites excluding steroid dienone is 1. The van der Waals surface area contributed by atoms with Gasteiger partial charge in [0.1, 0.15) is 0 Å². The van der Waals surface area contributed by atoms with E-state index >= 15 is 0 Å². The van der Waals surface area contributed by atoms with Gasteiger partial charge in [-0.05, 0) is 30.7 Å². The van der Waals surface area contributed by atoms with E-state index in [1.807, 2.05) is 0 Å². The summed E-state index contributed by atoms with van der Waals surface area (Å²) in [6, 6.07) is 0. The summed E-state index contributed by atoms with van der Waals surface area (Å²) < 4.78 is 0. The number of hydrogen-bond acceptors (Lipinski definition) is 1. The van der Waals surface area contributed by atoms with E-state index in [4.69, 9.17) is 5.73 Å². The molecule has 0 atom stereocenters. The molecule has 0 aliphatic heterocycles. The molecule has 2 N–H and O–H groups in total. The third kappa shape index (κ3) is 3.40. The third-order valence-corrected chi connectivity index (χ3v) is 2.63. The molecule has 1 nitrogen and oxygen atoms in total. The second kappa shape index (κ2) is 3.61. The van der Waals surface area contributed by atoms with Gasteiger partial charge >= 0.3 is 0 Å². The number of nitrogens with two attached hydrogens (primary N) is 1. The Labute approximate surface area is 77.0 Å². The monoisotopic (exact) mass is 169 g/mol. The Kier molecular flexibility index (Phi) is 3.52. The van der Waals surface area contributed by atoms with Crippen LogP contribution in [0.3, 0.4) is 0 Å². The van der Waals surface area contributed by atoms with Gasteiger partial charge in [-0.3, -0.25) is 0 Å². The maximum atomic E-state index is 5.68. The van der Waals surface area contributed by atoms with Gasteiger partial charge in [-0.25, -0.2) is 0 Å². The predicted octanol–water partition coefficient (Wildman–Crippen LogP) is 2.96. The minimum absolute atomic E-state index is 0.211. The molecule has 0 spiro atoms. The van der Waals surface area contributed by atoms with Crippen molar-refractivity contribution < 1.29 is 0 Å². The SMILES string of the molecule is C=C(C)C(C)(C)CC(C)(C)CN. The zero-order chi connectivity index (χ0) is 9.99. The maximum Gasteiger partial charge on any atom is -0.00255 e. The smallest absolute Gasteiger partial charge is 0.00255 e. The maximum absolute atomic E-state index is 5.68. The normalized spacial score (nSPS) is 13.2. The van der Waals surface area contributed by atoms with Crippen LogP contribution in [0.1, 0.15) is 41.0 Å². The molecule has 0 aromatic heterocycles. The fraction of sp³-hybridized carbons (Fsp3) is 0.818. The lowest BCUT2D eigenvalue weighted by Crippen LogP contribution is -2.30. The Hall–Kier alpha value is -0.300. The van der Waals surface area contributed by atoms with Gasteiger partial charge in [-0.2, -0.15) is 0 Å². The van der Waals surface area contributed by atoms with E-state index in [1.165, 1.54) is 5.57 Å². The molecule has 0 rings (SSSR count). The first-order chi connectivity index (χ1) is 5.21. The molecule has 0 aromatic rings. The van der Waals surface area contributed by atoms with Crippen LogP contribution in [0, 0.1) is 10.8 Å². The molecule has 0 aliphatic carbocycles. The summed E-state index contributed by atoms with van der Waals surface area (Å²) in [7, 11) is 0. The molecule has 0 aliphatic rings. The molecule has 0 saturated carbocycles. The summed E-state index contributed by atoms with van der Waals surface area (Å²) in [6.07, 6.45) is 1.10. The first-order valence-electron chi connectivity index (χ1n) is 4.57. The van der Waals surface area contributed by atoms with E-state index in [9.17, 15) is 0 Å². The molecular formula is C11H23N. The van der Waals surface area contributed by atoms with Crippen molar-refractivity contribution in [3.05, 3.63) is 12.2 Å². The van der Waals surface area contributed by atoms with E-state index in [0.29, 0.717) is 0 Å². The highest BCUT2D eigenvalue weighted by Crippen LogP contribution is 2.37. The first-order valence-corrected chi connectivity index (χ1v) is 4.57. The van der Waals surface area contributed by atoms with E-state index in [2.05, 4.69) is 41.2 Å². The summed E-state index contributed by atoms with van der Waals surface area (Å²) in [6.45, 7) is 15.7. The Balaban J connectivity index is 4.34. The molecule has 1 heteroatoms. The van der Waals surface area contributed by atoms with E-state index in [-0.39, 0.29) is 10.8 Å². The van der Waals surface area contributed by atoms with Gasteiger partial charge in [-0.15, -0.1) is 0 Å². The number of rotatable bonds is 4. The van der Waals surface area contributed by atoms with Crippen molar-refractivity contribution in [2.24, 2.45) is 16.6 Å². The Bertz CT molecular complexity index is 166. The first kappa shape index (κ1) is 11.7. The Morgan fingerprint density at radius 2 is 1.67 bits per heavy atom. The van der Waals surface area contributed by atoms with Gasteiger partial charge in [0.05, 0.1) is 0 Å². The summed E-state index contributed by atoms with van der Waals surface area (Å²) in [5.41, 5.74) is 7.36. The predicted molar refractivity (Wildman–Crippen MR) is 56.0 cm³/mol. The molecule has 0 amide bonds. The largest absolute Gasteiger partial charge is 0.330 e. The Morgan fingerprint density at radius 3 is 1.92 bits per heavy atom. The van der Waals surface area contributed by atoms with Gasteiger partial charge < -0.3 is 5.73 Å². The molecule has 0 aromatic carbocycles. The molecule has 0 bridgehead atoms. The Morgan fingerprint density at radius 1 is 1.25 bits per heavy atom. The molecule has 0 heterocycles. The standard InChI is InChI=1S/C11H23N/c1-9(2)11(5,6)7-10(3,4)8-12/h1,7-8,12H2,2-6H3. The average Bonchev–Trinajstić information content (AvgIpc) is 1.85. The van der Waals surface area contributed by atoms with Crippen molar-refractivity contribution in [3.8, 4) is 0 Å². The van der Waals surface area contributed by atoms with Gasteiger partial charge in [-0.1, -0.05) is 39.8 Å². The van der Waals surface area contributed by atoms with Crippen LogP contribution >= 0.6 is 0 Å². The summed E-state index contributed by atoms with van der Waals surface area (Å²) in [5, 5.41) is 0. The third-order valence-electron chi connectivity index (χ3n) is 2.63. The van der Waals surface area contributed by atoms with E-state index in [1.54, 1.807) is 0 Å². The minimum atomic E-state index is 0.211. The zero-order valence-electron chi connectivity index (χ0n) is 9.20. The molecule has 0 fully saturated rings. The molecule has 12 heavy (non-hydrogen) atoms. The van der Waals surface area contributed by atoms with Crippen LogP contribution < -0.4 is 5.73 Å². The van der Waals surface area contributed by atoms with Crippen LogP contribution in [0.15, 0.2) is 12.2 Å². The number of hydrogen-bond donors (Lipinski definition) is 1. The topological polar surface area (TPSA) is 26.0 Å². The quantitative estimate of drug-likeness (QED) is 0.643. The van der Waals surface area contributed by atoms with Crippen LogP contribution in [0.2, 0.25) is 0 Å². The van der Waals surface area contributed by atoms with Crippen molar-refractivity contribution in [3.63, 3.8) is 0 Å². The minimum Gasteiger partial charge on any atom is -0.330 e. The van der Waals surface area contributed by atoms with Gasteiger partial charge in [0.15, 0.2) is 0 Å². The van der Waals surface area contributed by atoms with E-state index in [0.717, 1.165) is 13.0 Å². The molecule has 72 valence electrons. The fourth-order valence-corrected chi connectivity index (χ4v) is 1.42. The highest BCUT2D eigenvalue weighted by atomic mass is 14.6. The summed E-state index contributed by atoms with van der Waals surface area (Å²) in [4.78, 5) is 0. The van der Waals surface area contributed by atoms with Crippen LogP contribution in [0.5, 0.6) is 0 Å². The van der Waals surface area contributed by atoms with Crippen LogP contribution in [0.4, 0.5) is 0 Å². The van der Waals surface area contributed by atoms with Crippen molar-refractivity contribution in [2.75, 3.05) is 6.54 Å². The van der Waals surface area contributed by atoms with Crippen LogP contribution in [-0.2, 0) is 0 Å². The van der Waals surface area contributed by atoms with Crippen molar-refractivity contribution >= 4 is 0 Å². The van der Waals surface area contributed by atoms with Gasteiger partial charge in [0.25, 0.3) is 0 Å². The fourth-order valence-electron chi connectivity index (χ4n) is 1.42. The van der Waals surface area contributed by atoms with Crippen molar-refractivity contribution in [2.45, 2.75) is 41.0 Å². The molecule has 0 radical (unpaired) electrons. The molecule has 0 saturated heterocycles. The molecular weight excluding hydrogens is 146 g/mol. The van der Waals surface area contributed by atoms with E-state index < -0.39 is 0 Å². The zero-order valence-corrected chi connectivity index (χ0v) is 9.20. The highest BCUT2D eigenvalue weighted by molar-refractivity contribution is 5.04. The lowest BCUT2D eigenvalue weighted by molar-refractivity contribution is 0.235. The summed E-state index contributed by atoms with van der Waals surface area (Å²) >= 11 is 0. The average molecular weight is 169 g/mol. The summed E-state index contributed by atoms with van der Waals surface area (Å²) in [5.74, 6) is 0. The van der Waals surface area contributed by atoms with Crippen LogP contribution in [-0.4, -0.2) is 6.54 Å². The second-order valence-electron chi connectivity index (χ2n) is 5.21. The van der Waals surface area contributed by atoms with Crippen molar-refractivity contribution in [1.82, 2.24) is 0 Å². The highest BCUT2D eigenvalue weighted by Gasteiger charge is 2.27.